The smallest absolute Gasteiger partial charge is 0.159 e. The Morgan fingerprint density at radius 1 is 0.900 bits per heavy atom. The normalized spacial score (nSPS) is 44.2. The van der Waals surface area contributed by atoms with Crippen molar-refractivity contribution in [3.05, 3.63) is 0 Å². The van der Waals surface area contributed by atoms with Crippen molar-refractivity contribution in [1.82, 2.24) is 0 Å². The summed E-state index contributed by atoms with van der Waals surface area (Å²) in [6.45, 7) is 5.43. The average Bonchev–Trinajstić information content (AvgIpc) is 2.65. The third-order valence-corrected chi connectivity index (χ3v) is 3.59. The minimum atomic E-state index is -0.793. The fourth-order valence-corrected chi connectivity index (χ4v) is 2.26. The molecule has 0 aromatic carbocycles. The van der Waals surface area contributed by atoms with Crippen molar-refractivity contribution in [3.63, 3.8) is 0 Å². The molecule has 0 aromatic rings. The first kappa shape index (κ1) is 19.7. The highest BCUT2D eigenvalue weighted by Crippen LogP contribution is 2.23. The highest BCUT2D eigenvalue weighted by atomic mass is 16.6. The van der Waals surface area contributed by atoms with Crippen molar-refractivity contribution >= 4 is 0 Å². The molecule has 7 atom stereocenters. The molecule has 122 valence electrons. The SMILES string of the molecule is CC1CC(O)C(CO)O1.CC1C[C@@H](O)C(C)C(O)O1.O. The first-order valence-electron chi connectivity index (χ1n) is 6.81. The zero-order valence-corrected chi connectivity index (χ0v) is 12.3. The van der Waals surface area contributed by atoms with Gasteiger partial charge in [0.25, 0.3) is 0 Å². The van der Waals surface area contributed by atoms with Crippen LogP contribution in [0.4, 0.5) is 0 Å². The lowest BCUT2D eigenvalue weighted by atomic mass is 9.96. The van der Waals surface area contributed by atoms with Crippen LogP contribution in [0.3, 0.4) is 0 Å². The van der Waals surface area contributed by atoms with Gasteiger partial charge in [-0.3, -0.25) is 0 Å². The van der Waals surface area contributed by atoms with Crippen molar-refractivity contribution < 1.29 is 35.4 Å². The Balaban J connectivity index is 0.000000345. The lowest BCUT2D eigenvalue weighted by Gasteiger charge is -2.33. The quantitative estimate of drug-likeness (QED) is 0.481. The lowest BCUT2D eigenvalue weighted by molar-refractivity contribution is -0.215. The Morgan fingerprint density at radius 3 is 1.75 bits per heavy atom. The van der Waals surface area contributed by atoms with E-state index in [4.69, 9.17) is 24.8 Å². The van der Waals surface area contributed by atoms with Crippen LogP contribution in [0.15, 0.2) is 0 Å². The van der Waals surface area contributed by atoms with Gasteiger partial charge in [-0.15, -0.1) is 0 Å². The van der Waals surface area contributed by atoms with Crippen molar-refractivity contribution in [1.29, 1.82) is 0 Å². The summed E-state index contributed by atoms with van der Waals surface area (Å²) in [5.74, 6) is -0.156. The lowest BCUT2D eigenvalue weighted by Crippen LogP contribution is -2.41. The van der Waals surface area contributed by atoms with Crippen molar-refractivity contribution in [2.24, 2.45) is 5.92 Å². The molecule has 0 radical (unpaired) electrons. The van der Waals surface area contributed by atoms with Gasteiger partial charge in [-0.05, 0) is 20.3 Å². The second kappa shape index (κ2) is 8.89. The van der Waals surface area contributed by atoms with E-state index in [-0.39, 0.29) is 36.3 Å². The van der Waals surface area contributed by atoms with Crippen LogP contribution in [0.2, 0.25) is 0 Å². The van der Waals surface area contributed by atoms with Gasteiger partial charge >= 0.3 is 0 Å². The maximum Gasteiger partial charge on any atom is 0.159 e. The maximum absolute atomic E-state index is 9.28. The van der Waals surface area contributed by atoms with Crippen LogP contribution < -0.4 is 0 Å². The number of rotatable bonds is 1. The van der Waals surface area contributed by atoms with Crippen LogP contribution in [0.1, 0.15) is 33.6 Å². The fraction of sp³-hybridized carbons (Fsp3) is 1.00. The molecule has 2 aliphatic heterocycles. The molecule has 7 heteroatoms. The summed E-state index contributed by atoms with van der Waals surface area (Å²) in [4.78, 5) is 0. The Bertz CT molecular complexity index is 251. The number of ether oxygens (including phenoxy) is 2. The van der Waals surface area contributed by atoms with Gasteiger partial charge in [-0.25, -0.2) is 0 Å². The summed E-state index contributed by atoms with van der Waals surface area (Å²) < 4.78 is 10.2. The first-order chi connectivity index (χ1) is 8.85. The van der Waals surface area contributed by atoms with Gasteiger partial charge in [-0.1, -0.05) is 6.92 Å². The van der Waals surface area contributed by atoms with Crippen LogP contribution in [0.25, 0.3) is 0 Å². The van der Waals surface area contributed by atoms with E-state index in [2.05, 4.69) is 0 Å². The van der Waals surface area contributed by atoms with Crippen LogP contribution in [0.5, 0.6) is 0 Å². The predicted molar refractivity (Wildman–Crippen MR) is 72.0 cm³/mol. The molecule has 0 aromatic heterocycles. The monoisotopic (exact) mass is 296 g/mol. The number of aliphatic hydroxyl groups is 4. The molecule has 20 heavy (non-hydrogen) atoms. The molecule has 6 unspecified atom stereocenters. The van der Waals surface area contributed by atoms with Crippen molar-refractivity contribution in [3.8, 4) is 0 Å². The Hall–Kier alpha value is -0.280. The van der Waals surface area contributed by atoms with Gasteiger partial charge < -0.3 is 35.4 Å². The molecule has 0 saturated carbocycles. The molecule has 6 N–H and O–H groups in total. The molecule has 2 rings (SSSR count). The third-order valence-electron chi connectivity index (χ3n) is 3.59. The minimum absolute atomic E-state index is 0. The topological polar surface area (TPSA) is 131 Å². The van der Waals surface area contributed by atoms with E-state index in [1.54, 1.807) is 6.92 Å². The van der Waals surface area contributed by atoms with Crippen LogP contribution in [-0.2, 0) is 9.47 Å². The van der Waals surface area contributed by atoms with Crippen LogP contribution >= 0.6 is 0 Å². The summed E-state index contributed by atoms with van der Waals surface area (Å²) in [6.07, 6.45) is -0.690. The molecule has 0 spiro atoms. The Kier molecular flexibility index (Phi) is 8.76. The van der Waals surface area contributed by atoms with Gasteiger partial charge in [0, 0.05) is 12.3 Å². The second-order valence-corrected chi connectivity index (χ2v) is 5.47. The van der Waals surface area contributed by atoms with E-state index in [9.17, 15) is 5.11 Å². The zero-order chi connectivity index (χ0) is 14.6. The molecular weight excluding hydrogens is 268 g/mol. The molecule has 7 nitrogen and oxygen atoms in total. The minimum Gasteiger partial charge on any atom is -0.412 e. The molecule has 0 amide bonds. The summed E-state index contributed by atoms with van der Waals surface area (Å²) in [6, 6.07) is 0. The highest BCUT2D eigenvalue weighted by molar-refractivity contribution is 4.78. The number of hydrogen-bond donors (Lipinski definition) is 4. The van der Waals surface area contributed by atoms with E-state index < -0.39 is 18.5 Å². The molecular formula is C13H28O7. The van der Waals surface area contributed by atoms with Crippen molar-refractivity contribution in [2.75, 3.05) is 6.61 Å². The molecule has 2 aliphatic rings. The molecule has 2 heterocycles. The standard InChI is InChI=1S/C7H14O3.C6H12O3.H2O/c1-4-3-6(8)5(2)7(9)10-4;1-4-2-5(8)6(3-7)9-4;/h4-9H,3H2,1-2H3;4-8H,2-3H2,1H3;1H2/t4?,5?,6-,7?;;/m1../s1. The van der Waals surface area contributed by atoms with Gasteiger partial charge in [0.05, 0.1) is 31.0 Å². The first-order valence-corrected chi connectivity index (χ1v) is 6.81. The van der Waals surface area contributed by atoms with Crippen LogP contribution in [-0.4, -0.2) is 69.3 Å². The van der Waals surface area contributed by atoms with Crippen molar-refractivity contribution in [2.45, 2.75) is 70.4 Å². The Labute approximate surface area is 119 Å². The van der Waals surface area contributed by atoms with Gasteiger partial charge in [-0.2, -0.15) is 0 Å². The van der Waals surface area contributed by atoms with E-state index in [0.717, 1.165) is 0 Å². The maximum atomic E-state index is 9.28. The number of aliphatic hydroxyl groups excluding tert-OH is 4. The molecule has 0 bridgehead atoms. The van der Waals surface area contributed by atoms with E-state index in [1.165, 1.54) is 0 Å². The summed E-state index contributed by atoms with van der Waals surface area (Å²) in [5.41, 5.74) is 0. The van der Waals surface area contributed by atoms with Gasteiger partial charge in [0.1, 0.15) is 6.10 Å². The zero-order valence-electron chi connectivity index (χ0n) is 12.3. The molecule has 2 fully saturated rings. The third kappa shape index (κ3) is 5.61. The average molecular weight is 296 g/mol. The Morgan fingerprint density at radius 2 is 1.40 bits per heavy atom. The molecule has 0 aliphatic carbocycles. The van der Waals surface area contributed by atoms with Gasteiger partial charge in [0.15, 0.2) is 6.29 Å². The van der Waals surface area contributed by atoms with Crippen LogP contribution in [0, 0.1) is 5.92 Å². The summed E-state index contributed by atoms with van der Waals surface area (Å²) in [7, 11) is 0. The van der Waals surface area contributed by atoms with Gasteiger partial charge in [0.2, 0.25) is 0 Å². The van der Waals surface area contributed by atoms with E-state index in [1.807, 2.05) is 13.8 Å². The second-order valence-electron chi connectivity index (χ2n) is 5.47. The largest absolute Gasteiger partial charge is 0.412 e. The summed E-state index contributed by atoms with van der Waals surface area (Å²) in [5, 5.41) is 36.1. The predicted octanol–water partition coefficient (Wildman–Crippen LogP) is -1.20. The highest BCUT2D eigenvalue weighted by Gasteiger charge is 2.31. The van der Waals surface area contributed by atoms with E-state index >= 15 is 0 Å². The number of hydrogen-bond acceptors (Lipinski definition) is 6. The summed E-state index contributed by atoms with van der Waals surface area (Å²) >= 11 is 0. The fourth-order valence-electron chi connectivity index (χ4n) is 2.26. The molecule has 2 saturated heterocycles. The van der Waals surface area contributed by atoms with E-state index in [0.29, 0.717) is 12.8 Å².